The Bertz CT molecular complexity index is 1780. The fourth-order valence-electron chi connectivity index (χ4n) is 5.70. The number of aliphatic imine (C=N–C) groups is 1. The third-order valence-electron chi connectivity index (χ3n) is 7.49. The van der Waals surface area contributed by atoms with Gasteiger partial charge in [-0.25, -0.2) is 13.8 Å². The Hall–Kier alpha value is -4.25. The number of hydrogen-bond donors (Lipinski definition) is 1. The van der Waals surface area contributed by atoms with Gasteiger partial charge in [0.15, 0.2) is 11.6 Å². The van der Waals surface area contributed by atoms with Gasteiger partial charge in [-0.15, -0.1) is 5.10 Å². The first kappa shape index (κ1) is 22.9. The number of nitrogen functional groups attached to an aromatic ring is 1. The third-order valence-corrected chi connectivity index (χ3v) is 7.73. The summed E-state index contributed by atoms with van der Waals surface area (Å²) in [6, 6.07) is 10.6. The Kier molecular flexibility index (Phi) is 4.90. The van der Waals surface area contributed by atoms with Crippen LogP contribution in [0, 0.1) is 17.6 Å². The summed E-state index contributed by atoms with van der Waals surface area (Å²) in [5.74, 6) is -3.16. The van der Waals surface area contributed by atoms with Gasteiger partial charge in [-0.2, -0.15) is 9.07 Å². The van der Waals surface area contributed by atoms with Gasteiger partial charge in [-0.3, -0.25) is 4.79 Å². The number of anilines is 1. The van der Waals surface area contributed by atoms with Gasteiger partial charge < -0.3 is 10.3 Å². The Labute approximate surface area is 217 Å². The third kappa shape index (κ3) is 3.34. The molecule has 0 saturated heterocycles. The van der Waals surface area contributed by atoms with E-state index in [-0.39, 0.29) is 40.6 Å². The number of nitrogens with zero attached hydrogens (tertiary/aromatic N) is 6. The molecule has 2 aliphatic heterocycles. The molecule has 3 atom stereocenters. The fourth-order valence-corrected chi connectivity index (χ4v) is 5.88. The van der Waals surface area contributed by atoms with Gasteiger partial charge in [0.05, 0.1) is 17.4 Å². The summed E-state index contributed by atoms with van der Waals surface area (Å²) in [5, 5.41) is 11.8. The SMILES string of the molecule is Nc1ccc(C2=C(F)N=C([C@@H]3[C@H]4C[C@H]4c4cc(-c5cc(Cl)ccc5-n5cnnn5)cc(=O)n43)C2)c(F)c1F. The molecule has 0 radical (unpaired) electrons. The van der Waals surface area contributed by atoms with E-state index in [1.165, 1.54) is 29.2 Å². The maximum absolute atomic E-state index is 15.0. The lowest BCUT2D eigenvalue weighted by Crippen LogP contribution is -2.29. The van der Waals surface area contributed by atoms with E-state index in [4.69, 9.17) is 17.3 Å². The maximum Gasteiger partial charge on any atom is 0.251 e. The first-order valence-corrected chi connectivity index (χ1v) is 12.2. The van der Waals surface area contributed by atoms with E-state index in [1.54, 1.807) is 22.8 Å². The summed E-state index contributed by atoms with van der Waals surface area (Å²) >= 11 is 6.28. The van der Waals surface area contributed by atoms with E-state index in [9.17, 15) is 18.0 Å². The average molecular weight is 536 g/mol. The van der Waals surface area contributed by atoms with Gasteiger partial charge in [0, 0.05) is 51.5 Å². The second-order valence-corrected chi connectivity index (χ2v) is 10.1. The molecule has 2 N–H and O–H groups in total. The molecule has 0 bridgehead atoms. The van der Waals surface area contributed by atoms with E-state index in [2.05, 4.69) is 20.5 Å². The minimum absolute atomic E-state index is 0.0363. The first-order chi connectivity index (χ1) is 18.3. The molecule has 3 aliphatic rings. The van der Waals surface area contributed by atoms with Crippen molar-refractivity contribution in [3.05, 3.63) is 93.0 Å². The molecule has 0 amide bonds. The normalized spacial score (nSPS) is 21.5. The molecule has 1 saturated carbocycles. The summed E-state index contributed by atoms with van der Waals surface area (Å²) < 4.78 is 46.7. The Morgan fingerprint density at radius 1 is 1.03 bits per heavy atom. The molecule has 1 aliphatic carbocycles. The number of hydrogen-bond acceptors (Lipinski definition) is 6. The summed E-state index contributed by atoms with van der Waals surface area (Å²) in [6.45, 7) is 0. The highest BCUT2D eigenvalue weighted by atomic mass is 35.5. The molecule has 8 nitrogen and oxygen atoms in total. The highest BCUT2D eigenvalue weighted by molar-refractivity contribution is 6.31. The van der Waals surface area contributed by atoms with Crippen molar-refractivity contribution in [3.8, 4) is 16.8 Å². The lowest BCUT2D eigenvalue weighted by atomic mass is 9.97. The number of rotatable bonds is 4. The minimum Gasteiger partial charge on any atom is -0.396 e. The number of benzene rings is 2. The van der Waals surface area contributed by atoms with Gasteiger partial charge in [-0.1, -0.05) is 11.6 Å². The Morgan fingerprint density at radius 3 is 2.66 bits per heavy atom. The van der Waals surface area contributed by atoms with Gasteiger partial charge in [0.1, 0.15) is 6.33 Å². The van der Waals surface area contributed by atoms with Crippen LogP contribution in [-0.4, -0.2) is 30.5 Å². The highest BCUT2D eigenvalue weighted by Crippen LogP contribution is 2.60. The zero-order valence-corrected chi connectivity index (χ0v) is 20.2. The smallest absolute Gasteiger partial charge is 0.251 e. The van der Waals surface area contributed by atoms with Crippen molar-refractivity contribution in [1.82, 2.24) is 24.8 Å². The molecule has 2 aromatic carbocycles. The number of aromatic nitrogens is 5. The molecule has 4 aromatic rings. The number of fused-ring (bicyclic) bond motifs is 3. The summed E-state index contributed by atoms with van der Waals surface area (Å²) in [5.41, 5.74) is 7.72. The fraction of sp³-hybridized carbons (Fsp3) is 0.192. The van der Waals surface area contributed by atoms with Crippen LogP contribution in [0.4, 0.5) is 18.9 Å². The second-order valence-electron chi connectivity index (χ2n) is 9.62. The van der Waals surface area contributed by atoms with Gasteiger partial charge >= 0.3 is 0 Å². The second kappa shape index (κ2) is 8.12. The number of allylic oxidation sites excluding steroid dienone is 1. The van der Waals surface area contributed by atoms with Crippen molar-refractivity contribution in [1.29, 1.82) is 0 Å². The van der Waals surface area contributed by atoms with Crippen LogP contribution in [0.25, 0.3) is 22.4 Å². The standard InChI is InChI=1S/C26H17ClF3N7O/c27-12-1-4-20(36-10-32-34-35-36)14(7-12)11-5-21-15-8-16(15)25(37(21)22(38)6-11)19-9-17(26(30)33-19)13-2-3-18(31)24(29)23(13)28/h1-7,10,15-16,25H,8-9,31H2/t15-,16+,25+/m1/s1. The molecule has 0 unspecified atom stereocenters. The lowest BCUT2D eigenvalue weighted by molar-refractivity contribution is 0.509. The molecule has 0 spiro atoms. The van der Waals surface area contributed by atoms with Crippen molar-refractivity contribution >= 4 is 28.6 Å². The van der Waals surface area contributed by atoms with Crippen LogP contribution in [0.1, 0.15) is 36.1 Å². The van der Waals surface area contributed by atoms with Crippen LogP contribution < -0.4 is 11.3 Å². The van der Waals surface area contributed by atoms with E-state index >= 15 is 0 Å². The zero-order chi connectivity index (χ0) is 26.3. The summed E-state index contributed by atoms with van der Waals surface area (Å²) in [6.07, 6.45) is 2.22. The van der Waals surface area contributed by atoms with E-state index in [0.717, 1.165) is 12.1 Å². The largest absolute Gasteiger partial charge is 0.396 e. The lowest BCUT2D eigenvalue weighted by Gasteiger charge is -2.20. The highest BCUT2D eigenvalue weighted by Gasteiger charge is 2.55. The predicted molar refractivity (Wildman–Crippen MR) is 135 cm³/mol. The molecule has 12 heteroatoms. The number of halogens is 4. The number of tetrazole rings is 1. The van der Waals surface area contributed by atoms with E-state index in [0.29, 0.717) is 27.5 Å². The molecule has 7 rings (SSSR count). The molecule has 4 heterocycles. The molecule has 38 heavy (non-hydrogen) atoms. The van der Waals surface area contributed by atoms with Crippen LogP contribution >= 0.6 is 11.6 Å². The Balaban J connectivity index is 1.27. The van der Waals surface area contributed by atoms with E-state index in [1.807, 2.05) is 6.07 Å². The van der Waals surface area contributed by atoms with Crippen LogP contribution in [0.2, 0.25) is 5.02 Å². The van der Waals surface area contributed by atoms with Crippen LogP contribution in [-0.2, 0) is 0 Å². The van der Waals surface area contributed by atoms with E-state index < -0.39 is 23.6 Å². The van der Waals surface area contributed by atoms with Gasteiger partial charge in [0.25, 0.3) is 5.56 Å². The van der Waals surface area contributed by atoms with Crippen LogP contribution in [0.15, 0.2) is 64.5 Å². The Morgan fingerprint density at radius 2 is 1.87 bits per heavy atom. The van der Waals surface area contributed by atoms with Crippen LogP contribution in [0.3, 0.4) is 0 Å². The predicted octanol–water partition coefficient (Wildman–Crippen LogP) is 4.85. The topological polar surface area (TPSA) is 104 Å². The number of nitrogens with two attached hydrogens (primary N) is 1. The monoisotopic (exact) mass is 535 g/mol. The van der Waals surface area contributed by atoms with Gasteiger partial charge in [0.2, 0.25) is 5.95 Å². The van der Waals surface area contributed by atoms with Crippen molar-refractivity contribution < 1.29 is 13.2 Å². The maximum atomic E-state index is 15.0. The molecule has 190 valence electrons. The zero-order valence-electron chi connectivity index (χ0n) is 19.4. The van der Waals surface area contributed by atoms with Crippen molar-refractivity contribution in [2.24, 2.45) is 10.9 Å². The van der Waals surface area contributed by atoms with Gasteiger partial charge in [-0.05, 0) is 64.7 Å². The minimum atomic E-state index is -1.23. The van der Waals surface area contributed by atoms with Crippen molar-refractivity contribution in [3.63, 3.8) is 0 Å². The van der Waals surface area contributed by atoms with Crippen molar-refractivity contribution in [2.45, 2.75) is 24.8 Å². The molecular weight excluding hydrogens is 519 g/mol. The molecule has 1 fully saturated rings. The average Bonchev–Trinajstić information content (AvgIpc) is 3.20. The summed E-state index contributed by atoms with van der Waals surface area (Å²) in [7, 11) is 0. The summed E-state index contributed by atoms with van der Waals surface area (Å²) in [4.78, 5) is 17.6. The van der Waals surface area contributed by atoms with Crippen molar-refractivity contribution in [2.75, 3.05) is 5.73 Å². The molecule has 2 aromatic heterocycles. The first-order valence-electron chi connectivity index (χ1n) is 11.8. The molecular formula is C26H17ClF3N7O. The number of pyridine rings is 1. The quantitative estimate of drug-likeness (QED) is 0.297. The van der Waals surface area contributed by atoms with Crippen LogP contribution in [0.5, 0.6) is 0 Å².